The summed E-state index contributed by atoms with van der Waals surface area (Å²) in [5, 5.41) is 12.7. The maximum Gasteiger partial charge on any atom is 0.234 e. The molecule has 1 aromatic heterocycles. The van der Waals surface area contributed by atoms with Crippen LogP contribution >= 0.6 is 23.4 Å². The minimum Gasteiger partial charge on any atom is -0.481 e. The predicted octanol–water partition coefficient (Wildman–Crippen LogP) is 5.69. The number of halogens is 1. The van der Waals surface area contributed by atoms with Crippen molar-refractivity contribution < 1.29 is 9.53 Å². The van der Waals surface area contributed by atoms with Crippen molar-refractivity contribution >= 4 is 35.0 Å². The molecule has 31 heavy (non-hydrogen) atoms. The van der Waals surface area contributed by atoms with E-state index in [1.165, 1.54) is 17.3 Å². The van der Waals surface area contributed by atoms with Gasteiger partial charge in [-0.25, -0.2) is 0 Å². The summed E-state index contributed by atoms with van der Waals surface area (Å²) < 4.78 is 8.01. The van der Waals surface area contributed by atoms with E-state index < -0.39 is 0 Å². The molecule has 1 heterocycles. The number of nitrogens with one attached hydrogen (secondary N) is 1. The normalized spacial score (nSPS) is 11.9. The Bertz CT molecular complexity index is 1040. The molecule has 2 aromatic carbocycles. The number of benzene rings is 2. The lowest BCUT2D eigenvalue weighted by atomic mass is 10.1. The molecule has 1 atom stereocenters. The lowest BCUT2D eigenvalue weighted by Crippen LogP contribution is -2.15. The summed E-state index contributed by atoms with van der Waals surface area (Å²) in [4.78, 5) is 12.4. The van der Waals surface area contributed by atoms with E-state index in [9.17, 15) is 4.79 Å². The summed E-state index contributed by atoms with van der Waals surface area (Å²) in [6, 6.07) is 13.5. The highest BCUT2D eigenvalue weighted by Gasteiger charge is 2.20. The molecule has 0 aliphatic carbocycles. The minimum absolute atomic E-state index is 0.0858. The number of carbonyl (C=O) groups excluding carboxylic acids is 1. The van der Waals surface area contributed by atoms with E-state index in [0.29, 0.717) is 28.3 Å². The van der Waals surface area contributed by atoms with Gasteiger partial charge < -0.3 is 14.6 Å². The number of nitrogens with zero attached hydrogens (tertiary/aromatic N) is 3. The Balaban J connectivity index is 1.63. The number of aryl methyl sites for hydroxylation is 2. The monoisotopic (exact) mass is 458 g/mol. The molecular formula is C23H27ClN4O2S. The van der Waals surface area contributed by atoms with Crippen molar-refractivity contribution in [2.75, 3.05) is 11.1 Å². The van der Waals surface area contributed by atoms with Crippen LogP contribution in [-0.4, -0.2) is 26.4 Å². The summed E-state index contributed by atoms with van der Waals surface area (Å²) in [5.41, 5.74) is 3.09. The van der Waals surface area contributed by atoms with Crippen molar-refractivity contribution in [3.63, 3.8) is 0 Å². The minimum atomic E-state index is -0.341. The topological polar surface area (TPSA) is 69.0 Å². The molecule has 0 aliphatic rings. The second-order valence-corrected chi connectivity index (χ2v) is 8.52. The van der Waals surface area contributed by atoms with Crippen LogP contribution in [0.5, 0.6) is 5.75 Å². The van der Waals surface area contributed by atoms with Gasteiger partial charge in [0.15, 0.2) is 17.1 Å². The SMILES string of the molecule is CCc1ccc(NC(=O)CSc2nnc(C(C)Oc3cc(C)ccc3Cl)n2CC)cc1. The third-order valence-electron chi connectivity index (χ3n) is 4.79. The molecule has 0 bridgehead atoms. The predicted molar refractivity (Wildman–Crippen MR) is 126 cm³/mol. The van der Waals surface area contributed by atoms with Gasteiger partial charge in [0, 0.05) is 12.2 Å². The van der Waals surface area contributed by atoms with Crippen molar-refractivity contribution in [2.24, 2.45) is 0 Å². The third-order valence-corrected chi connectivity index (χ3v) is 6.07. The average molecular weight is 459 g/mol. The van der Waals surface area contributed by atoms with Crippen LogP contribution in [0, 0.1) is 6.92 Å². The second-order valence-electron chi connectivity index (χ2n) is 7.17. The first-order valence-corrected chi connectivity index (χ1v) is 11.6. The van der Waals surface area contributed by atoms with Gasteiger partial charge in [0.05, 0.1) is 10.8 Å². The molecule has 3 rings (SSSR count). The zero-order valence-electron chi connectivity index (χ0n) is 18.2. The Labute approximate surface area is 192 Å². The van der Waals surface area contributed by atoms with Crippen LogP contribution < -0.4 is 10.1 Å². The van der Waals surface area contributed by atoms with E-state index in [4.69, 9.17) is 16.3 Å². The Morgan fingerprint density at radius 1 is 1.19 bits per heavy atom. The average Bonchev–Trinajstić information content (AvgIpc) is 3.18. The fraction of sp³-hybridized carbons (Fsp3) is 0.348. The fourth-order valence-electron chi connectivity index (χ4n) is 3.10. The number of amides is 1. The molecule has 1 unspecified atom stereocenters. The fourth-order valence-corrected chi connectivity index (χ4v) is 4.07. The van der Waals surface area contributed by atoms with E-state index >= 15 is 0 Å². The van der Waals surface area contributed by atoms with Crippen molar-refractivity contribution in [3.8, 4) is 5.75 Å². The third kappa shape index (κ3) is 6.02. The summed E-state index contributed by atoms with van der Waals surface area (Å²) in [6.07, 6.45) is 0.629. The lowest BCUT2D eigenvalue weighted by molar-refractivity contribution is -0.113. The van der Waals surface area contributed by atoms with Gasteiger partial charge >= 0.3 is 0 Å². The highest BCUT2D eigenvalue weighted by Crippen LogP contribution is 2.30. The summed E-state index contributed by atoms with van der Waals surface area (Å²) >= 11 is 7.61. The number of thioether (sulfide) groups is 1. The van der Waals surface area contributed by atoms with E-state index in [2.05, 4.69) is 22.4 Å². The van der Waals surface area contributed by atoms with Gasteiger partial charge in [-0.3, -0.25) is 4.79 Å². The highest BCUT2D eigenvalue weighted by molar-refractivity contribution is 7.99. The van der Waals surface area contributed by atoms with Gasteiger partial charge in [0.25, 0.3) is 0 Å². The molecule has 164 valence electrons. The Hall–Kier alpha value is -2.51. The standard InChI is InChI=1S/C23H27ClN4O2S/c1-5-17-8-10-18(11-9-17)25-21(29)14-31-23-27-26-22(28(23)6-2)16(4)30-20-13-15(3)7-12-19(20)24/h7-13,16H,5-6,14H2,1-4H3,(H,25,29). The summed E-state index contributed by atoms with van der Waals surface area (Å²) in [7, 11) is 0. The van der Waals surface area contributed by atoms with Gasteiger partial charge in [-0.1, -0.05) is 48.5 Å². The first-order valence-electron chi connectivity index (χ1n) is 10.3. The van der Waals surface area contributed by atoms with Crippen LogP contribution in [0.25, 0.3) is 0 Å². The number of carbonyl (C=O) groups is 1. The molecule has 1 N–H and O–H groups in total. The van der Waals surface area contributed by atoms with Crippen LogP contribution in [-0.2, 0) is 17.8 Å². The Morgan fingerprint density at radius 2 is 1.94 bits per heavy atom. The zero-order chi connectivity index (χ0) is 22.4. The van der Waals surface area contributed by atoms with Gasteiger partial charge in [-0.15, -0.1) is 10.2 Å². The first kappa shape index (κ1) is 23.2. The van der Waals surface area contributed by atoms with Gasteiger partial charge in [-0.05, 0) is 62.6 Å². The number of ether oxygens (including phenoxy) is 1. The number of hydrogen-bond acceptors (Lipinski definition) is 5. The van der Waals surface area contributed by atoms with Crippen molar-refractivity contribution in [3.05, 3.63) is 64.4 Å². The largest absolute Gasteiger partial charge is 0.481 e. The molecule has 1 amide bonds. The zero-order valence-corrected chi connectivity index (χ0v) is 19.8. The maximum absolute atomic E-state index is 12.4. The van der Waals surface area contributed by atoms with E-state index in [-0.39, 0.29) is 17.8 Å². The smallest absolute Gasteiger partial charge is 0.234 e. The molecule has 0 saturated carbocycles. The molecule has 0 radical (unpaired) electrons. The summed E-state index contributed by atoms with van der Waals surface area (Å²) in [6.45, 7) is 8.68. The van der Waals surface area contributed by atoms with Crippen LogP contribution in [0.2, 0.25) is 5.02 Å². The van der Waals surface area contributed by atoms with Crippen molar-refractivity contribution in [1.29, 1.82) is 0 Å². The Morgan fingerprint density at radius 3 is 2.61 bits per heavy atom. The molecule has 0 spiro atoms. The number of hydrogen-bond donors (Lipinski definition) is 1. The Kier molecular flexibility index (Phi) is 7.98. The van der Waals surface area contributed by atoms with Crippen LogP contribution in [0.3, 0.4) is 0 Å². The van der Waals surface area contributed by atoms with E-state index in [0.717, 1.165) is 17.7 Å². The lowest BCUT2D eigenvalue weighted by Gasteiger charge is -2.16. The van der Waals surface area contributed by atoms with Crippen molar-refractivity contribution in [2.45, 2.75) is 51.9 Å². The van der Waals surface area contributed by atoms with Crippen LogP contribution in [0.4, 0.5) is 5.69 Å². The highest BCUT2D eigenvalue weighted by atomic mass is 35.5. The second kappa shape index (κ2) is 10.7. The molecular weight excluding hydrogens is 432 g/mol. The molecule has 3 aromatic rings. The van der Waals surface area contributed by atoms with Gasteiger partial charge in [-0.2, -0.15) is 0 Å². The molecule has 0 fully saturated rings. The van der Waals surface area contributed by atoms with E-state index in [1.54, 1.807) is 0 Å². The molecule has 8 heteroatoms. The summed E-state index contributed by atoms with van der Waals surface area (Å²) in [5.74, 6) is 1.46. The number of rotatable bonds is 9. The molecule has 6 nitrogen and oxygen atoms in total. The van der Waals surface area contributed by atoms with Gasteiger partial charge in [0.2, 0.25) is 5.91 Å². The van der Waals surface area contributed by atoms with Gasteiger partial charge in [0.1, 0.15) is 5.75 Å². The molecule has 0 aliphatic heterocycles. The van der Waals surface area contributed by atoms with Crippen molar-refractivity contribution in [1.82, 2.24) is 14.8 Å². The maximum atomic E-state index is 12.4. The molecule has 0 saturated heterocycles. The first-order chi connectivity index (χ1) is 14.9. The van der Waals surface area contributed by atoms with Crippen LogP contribution in [0.1, 0.15) is 43.8 Å². The number of anilines is 1. The van der Waals surface area contributed by atoms with Crippen LogP contribution in [0.15, 0.2) is 47.6 Å². The quantitative estimate of drug-likeness (QED) is 0.417. The number of aromatic nitrogens is 3. The van der Waals surface area contributed by atoms with E-state index in [1.807, 2.05) is 67.8 Å².